The van der Waals surface area contributed by atoms with Crippen LogP contribution in [0.2, 0.25) is 0 Å². The van der Waals surface area contributed by atoms with Gasteiger partial charge in [-0.3, -0.25) is 0 Å². The van der Waals surface area contributed by atoms with Gasteiger partial charge in [0.15, 0.2) is 0 Å². The smallest absolute Gasteiger partial charge is 0.239 e. The number of aryl methyl sites for hydroxylation is 1. The number of hydrogen-bond donors (Lipinski definition) is 2. The minimum Gasteiger partial charge on any atom is -0.476 e. The van der Waals surface area contributed by atoms with Gasteiger partial charge in [0.25, 0.3) is 0 Å². The second-order valence-electron chi connectivity index (χ2n) is 4.78. The first-order chi connectivity index (χ1) is 9.69. The average Bonchev–Trinajstić information content (AvgIpc) is 2.46. The summed E-state index contributed by atoms with van der Waals surface area (Å²) in [5.74, 6) is 1.27. The molecule has 3 N–H and O–H groups in total. The highest BCUT2D eigenvalue weighted by Gasteiger charge is 2.04. The van der Waals surface area contributed by atoms with E-state index in [1.165, 1.54) is 11.1 Å². The summed E-state index contributed by atoms with van der Waals surface area (Å²) in [7, 11) is 0. The Bertz CT molecular complexity index is 552. The number of benzene rings is 1. The molecule has 4 nitrogen and oxygen atoms in total. The van der Waals surface area contributed by atoms with Crippen molar-refractivity contribution in [2.45, 2.75) is 26.8 Å². The maximum absolute atomic E-state index is 5.84. The molecule has 0 aliphatic carbocycles. The van der Waals surface area contributed by atoms with Gasteiger partial charge >= 0.3 is 0 Å². The van der Waals surface area contributed by atoms with Crippen LogP contribution in [0.5, 0.6) is 5.88 Å². The van der Waals surface area contributed by atoms with Gasteiger partial charge < -0.3 is 15.8 Å². The van der Waals surface area contributed by atoms with Gasteiger partial charge in [-0.1, -0.05) is 36.8 Å². The zero-order chi connectivity index (χ0) is 14.4. The molecule has 1 aromatic heterocycles. The molecule has 0 aliphatic heterocycles. The lowest BCUT2D eigenvalue weighted by Crippen LogP contribution is -2.05. The van der Waals surface area contributed by atoms with E-state index >= 15 is 0 Å². The molecule has 4 heteroatoms. The summed E-state index contributed by atoms with van der Waals surface area (Å²) in [5.41, 5.74) is 8.88. The van der Waals surface area contributed by atoms with E-state index in [0.717, 1.165) is 18.8 Å². The molecule has 0 spiro atoms. The highest BCUT2D eigenvalue weighted by atomic mass is 16.5. The van der Waals surface area contributed by atoms with E-state index in [9.17, 15) is 0 Å². The number of aromatic nitrogens is 1. The van der Waals surface area contributed by atoms with Gasteiger partial charge in [-0.15, -0.1) is 0 Å². The minimum atomic E-state index is 0.501. The number of pyridine rings is 1. The fourth-order valence-electron chi connectivity index (χ4n) is 1.76. The zero-order valence-corrected chi connectivity index (χ0v) is 12.0. The van der Waals surface area contributed by atoms with Gasteiger partial charge in [-0.2, -0.15) is 4.98 Å². The molecule has 0 saturated carbocycles. The molecule has 20 heavy (non-hydrogen) atoms. The average molecular weight is 271 g/mol. The molecule has 1 heterocycles. The molecule has 0 unspecified atom stereocenters. The van der Waals surface area contributed by atoms with Crippen LogP contribution in [0.25, 0.3) is 0 Å². The number of anilines is 2. The SMILES string of the molecule is CCCOc1nc(NCc2ccc(C)cc2)ccc1N. The second-order valence-corrected chi connectivity index (χ2v) is 4.78. The van der Waals surface area contributed by atoms with Crippen molar-refractivity contribution in [2.24, 2.45) is 0 Å². The first-order valence-electron chi connectivity index (χ1n) is 6.87. The Kier molecular flexibility index (Phi) is 4.82. The van der Waals surface area contributed by atoms with Crippen molar-refractivity contribution < 1.29 is 4.74 Å². The van der Waals surface area contributed by atoms with Gasteiger partial charge in [-0.05, 0) is 31.0 Å². The van der Waals surface area contributed by atoms with Crippen molar-refractivity contribution in [3.8, 4) is 5.88 Å². The summed E-state index contributed by atoms with van der Waals surface area (Å²) in [5, 5.41) is 3.28. The molecular weight excluding hydrogens is 250 g/mol. The minimum absolute atomic E-state index is 0.501. The molecule has 0 aliphatic rings. The molecule has 1 aromatic carbocycles. The van der Waals surface area contributed by atoms with Crippen LogP contribution >= 0.6 is 0 Å². The van der Waals surface area contributed by atoms with Crippen molar-refractivity contribution >= 4 is 11.5 Å². The van der Waals surface area contributed by atoms with Gasteiger partial charge in [0, 0.05) is 6.54 Å². The number of nitrogens with two attached hydrogens (primary N) is 1. The van der Waals surface area contributed by atoms with E-state index in [0.29, 0.717) is 18.2 Å². The lowest BCUT2D eigenvalue weighted by molar-refractivity contribution is 0.307. The summed E-state index contributed by atoms with van der Waals surface area (Å²) in [4.78, 5) is 4.38. The van der Waals surface area contributed by atoms with Crippen molar-refractivity contribution in [3.63, 3.8) is 0 Å². The third-order valence-corrected chi connectivity index (χ3v) is 2.93. The fourth-order valence-corrected chi connectivity index (χ4v) is 1.76. The number of hydrogen-bond acceptors (Lipinski definition) is 4. The van der Waals surface area contributed by atoms with E-state index in [2.05, 4.69) is 48.4 Å². The molecule has 2 rings (SSSR count). The molecule has 106 valence electrons. The predicted octanol–water partition coefficient (Wildman–Crippen LogP) is 3.37. The topological polar surface area (TPSA) is 60.2 Å². The molecule has 0 radical (unpaired) electrons. The van der Waals surface area contributed by atoms with Crippen LogP contribution < -0.4 is 15.8 Å². The highest BCUT2D eigenvalue weighted by Crippen LogP contribution is 2.21. The Balaban J connectivity index is 2.00. The molecule has 0 fully saturated rings. The molecule has 0 saturated heterocycles. The fraction of sp³-hybridized carbons (Fsp3) is 0.312. The predicted molar refractivity (Wildman–Crippen MR) is 82.9 cm³/mol. The van der Waals surface area contributed by atoms with Gasteiger partial charge in [0.1, 0.15) is 5.82 Å². The highest BCUT2D eigenvalue weighted by molar-refractivity contribution is 5.53. The zero-order valence-electron chi connectivity index (χ0n) is 12.0. The largest absolute Gasteiger partial charge is 0.476 e. The van der Waals surface area contributed by atoms with E-state index in [-0.39, 0.29) is 0 Å². The Hall–Kier alpha value is -2.23. The maximum Gasteiger partial charge on any atom is 0.239 e. The standard InChI is InChI=1S/C16H21N3O/c1-3-10-20-16-14(17)8-9-15(19-16)18-11-13-6-4-12(2)5-7-13/h4-9H,3,10-11,17H2,1-2H3,(H,18,19). The van der Waals surface area contributed by atoms with Crippen LogP contribution in [0.15, 0.2) is 36.4 Å². The summed E-state index contributed by atoms with van der Waals surface area (Å²) >= 11 is 0. The number of ether oxygens (including phenoxy) is 1. The summed E-state index contributed by atoms with van der Waals surface area (Å²) in [6.07, 6.45) is 0.933. The van der Waals surface area contributed by atoms with Crippen molar-refractivity contribution in [2.75, 3.05) is 17.7 Å². The van der Waals surface area contributed by atoms with Gasteiger partial charge in [0.2, 0.25) is 5.88 Å². The number of rotatable bonds is 6. The van der Waals surface area contributed by atoms with Gasteiger partial charge in [0.05, 0.1) is 12.3 Å². The number of nitrogens with zero attached hydrogens (tertiary/aromatic N) is 1. The van der Waals surface area contributed by atoms with Crippen LogP contribution in [0, 0.1) is 6.92 Å². The number of nitrogens with one attached hydrogen (secondary N) is 1. The molecular formula is C16H21N3O. The molecule has 0 atom stereocenters. The Morgan fingerprint density at radius 3 is 2.60 bits per heavy atom. The van der Waals surface area contributed by atoms with E-state index in [4.69, 9.17) is 10.5 Å². The number of nitrogen functional groups attached to an aromatic ring is 1. The normalized spacial score (nSPS) is 10.3. The van der Waals surface area contributed by atoms with Crippen LogP contribution in [0.1, 0.15) is 24.5 Å². The van der Waals surface area contributed by atoms with E-state index in [1.54, 1.807) is 0 Å². The molecule has 0 amide bonds. The van der Waals surface area contributed by atoms with Crippen LogP contribution in [-0.2, 0) is 6.54 Å². The van der Waals surface area contributed by atoms with E-state index in [1.807, 2.05) is 12.1 Å². The van der Waals surface area contributed by atoms with Crippen LogP contribution in [0.4, 0.5) is 11.5 Å². The first-order valence-corrected chi connectivity index (χ1v) is 6.87. The van der Waals surface area contributed by atoms with E-state index < -0.39 is 0 Å². The van der Waals surface area contributed by atoms with Crippen molar-refractivity contribution in [1.29, 1.82) is 0 Å². The monoisotopic (exact) mass is 271 g/mol. The van der Waals surface area contributed by atoms with Gasteiger partial charge in [-0.25, -0.2) is 0 Å². The summed E-state index contributed by atoms with van der Waals surface area (Å²) in [6, 6.07) is 12.1. The third-order valence-electron chi connectivity index (χ3n) is 2.93. The van der Waals surface area contributed by atoms with Crippen LogP contribution in [-0.4, -0.2) is 11.6 Å². The lowest BCUT2D eigenvalue weighted by atomic mass is 10.1. The Morgan fingerprint density at radius 2 is 1.90 bits per heavy atom. The van der Waals surface area contributed by atoms with Crippen LogP contribution in [0.3, 0.4) is 0 Å². The first kappa shape index (κ1) is 14.2. The lowest BCUT2D eigenvalue weighted by Gasteiger charge is -2.10. The summed E-state index contributed by atoms with van der Waals surface area (Å²) in [6.45, 7) is 5.48. The summed E-state index contributed by atoms with van der Waals surface area (Å²) < 4.78 is 5.52. The third kappa shape index (κ3) is 3.88. The second kappa shape index (κ2) is 6.80. The molecule has 2 aromatic rings. The van der Waals surface area contributed by atoms with Crippen molar-refractivity contribution in [1.82, 2.24) is 4.98 Å². The quantitative estimate of drug-likeness (QED) is 0.845. The Labute approximate surface area is 120 Å². The maximum atomic E-state index is 5.84. The van der Waals surface area contributed by atoms with Crippen molar-refractivity contribution in [3.05, 3.63) is 47.5 Å². The molecule has 0 bridgehead atoms. The Morgan fingerprint density at radius 1 is 1.15 bits per heavy atom.